The average molecular weight is 331 g/mol. The molecule has 6 heteroatoms. The van der Waals surface area contributed by atoms with Gasteiger partial charge in [-0.3, -0.25) is 15.0 Å². The molecule has 1 aromatic carbocycles. The summed E-state index contributed by atoms with van der Waals surface area (Å²) in [7, 11) is 0. The highest BCUT2D eigenvalue weighted by atomic mass is 16.6. The van der Waals surface area contributed by atoms with Gasteiger partial charge in [0.05, 0.1) is 4.92 Å². The molecule has 1 fully saturated rings. The Hall–Kier alpha value is -2.26. The topological polar surface area (TPSA) is 58.9 Å². The third-order valence-electron chi connectivity index (χ3n) is 3.87. The number of hydrogen-bond acceptors (Lipinski definition) is 5. The SMILES string of the molecule is C#CCCN1CCN(c2ccc([N+](=O)[O-])c(OC(C)(C)C)c2)CC1. The first-order valence-electron chi connectivity index (χ1n) is 8.18. The van der Waals surface area contributed by atoms with Gasteiger partial charge in [-0.15, -0.1) is 12.3 Å². The molecule has 0 radical (unpaired) electrons. The van der Waals surface area contributed by atoms with E-state index in [-0.39, 0.29) is 5.69 Å². The Kier molecular flexibility index (Phi) is 5.68. The third-order valence-corrected chi connectivity index (χ3v) is 3.87. The van der Waals surface area contributed by atoms with E-state index in [0.717, 1.165) is 44.8 Å². The maximum absolute atomic E-state index is 11.2. The monoisotopic (exact) mass is 331 g/mol. The summed E-state index contributed by atoms with van der Waals surface area (Å²) in [4.78, 5) is 15.4. The van der Waals surface area contributed by atoms with Gasteiger partial charge in [0, 0.05) is 57.0 Å². The Morgan fingerprint density at radius 2 is 1.96 bits per heavy atom. The maximum Gasteiger partial charge on any atom is 0.311 e. The molecule has 0 saturated carbocycles. The molecule has 0 N–H and O–H groups in total. The molecule has 0 amide bonds. The predicted molar refractivity (Wildman–Crippen MR) is 95.6 cm³/mol. The summed E-state index contributed by atoms with van der Waals surface area (Å²) < 4.78 is 5.80. The van der Waals surface area contributed by atoms with E-state index < -0.39 is 10.5 Å². The molecule has 6 nitrogen and oxygen atoms in total. The lowest BCUT2D eigenvalue weighted by molar-refractivity contribution is -0.386. The number of piperazine rings is 1. The number of nitrogens with zero attached hydrogens (tertiary/aromatic N) is 3. The van der Waals surface area contributed by atoms with E-state index in [1.807, 2.05) is 20.8 Å². The lowest BCUT2D eigenvalue weighted by Crippen LogP contribution is -2.46. The van der Waals surface area contributed by atoms with Crippen LogP contribution in [-0.2, 0) is 0 Å². The maximum atomic E-state index is 11.2. The molecule has 0 atom stereocenters. The van der Waals surface area contributed by atoms with E-state index in [9.17, 15) is 10.1 Å². The van der Waals surface area contributed by atoms with E-state index in [4.69, 9.17) is 11.2 Å². The summed E-state index contributed by atoms with van der Waals surface area (Å²) in [6.07, 6.45) is 6.08. The summed E-state index contributed by atoms with van der Waals surface area (Å²) in [5.41, 5.74) is 0.467. The van der Waals surface area contributed by atoms with Crippen molar-refractivity contribution in [3.8, 4) is 18.1 Å². The van der Waals surface area contributed by atoms with Crippen LogP contribution in [0.3, 0.4) is 0 Å². The van der Waals surface area contributed by atoms with Crippen LogP contribution in [0.1, 0.15) is 27.2 Å². The molecule has 1 saturated heterocycles. The second-order valence-electron chi connectivity index (χ2n) is 6.91. The zero-order valence-electron chi connectivity index (χ0n) is 14.6. The van der Waals surface area contributed by atoms with Gasteiger partial charge < -0.3 is 9.64 Å². The quantitative estimate of drug-likeness (QED) is 0.472. The molecule has 24 heavy (non-hydrogen) atoms. The highest BCUT2D eigenvalue weighted by Gasteiger charge is 2.24. The van der Waals surface area contributed by atoms with Crippen LogP contribution < -0.4 is 9.64 Å². The van der Waals surface area contributed by atoms with Gasteiger partial charge in [-0.2, -0.15) is 0 Å². The molecule has 2 rings (SSSR count). The minimum atomic E-state index is -0.489. The van der Waals surface area contributed by atoms with Crippen LogP contribution in [0.4, 0.5) is 11.4 Å². The molecule has 130 valence electrons. The zero-order valence-corrected chi connectivity index (χ0v) is 14.6. The molecule has 0 aliphatic carbocycles. The van der Waals surface area contributed by atoms with Crippen LogP contribution in [-0.4, -0.2) is 48.1 Å². The van der Waals surface area contributed by atoms with Crippen molar-refractivity contribution in [2.75, 3.05) is 37.6 Å². The van der Waals surface area contributed by atoms with Crippen molar-refractivity contribution in [1.82, 2.24) is 4.90 Å². The number of anilines is 1. The predicted octanol–water partition coefficient (Wildman–Crippen LogP) is 2.92. The van der Waals surface area contributed by atoms with Crippen LogP contribution in [0.5, 0.6) is 5.75 Å². The Bertz CT molecular complexity index is 623. The van der Waals surface area contributed by atoms with Gasteiger partial charge in [-0.05, 0) is 26.8 Å². The number of terminal acetylenes is 1. The first-order valence-corrected chi connectivity index (χ1v) is 8.18. The van der Waals surface area contributed by atoms with Gasteiger partial charge in [-0.25, -0.2) is 0 Å². The minimum Gasteiger partial charge on any atom is -0.481 e. The highest BCUT2D eigenvalue weighted by Crippen LogP contribution is 2.34. The molecular weight excluding hydrogens is 306 g/mol. The molecule has 1 aliphatic rings. The molecular formula is C18H25N3O3. The fourth-order valence-electron chi connectivity index (χ4n) is 2.71. The number of nitro benzene ring substituents is 1. The van der Waals surface area contributed by atoms with E-state index in [2.05, 4.69) is 15.7 Å². The number of nitro groups is 1. The van der Waals surface area contributed by atoms with Gasteiger partial charge in [0.2, 0.25) is 0 Å². The van der Waals surface area contributed by atoms with Crippen LogP contribution in [0.25, 0.3) is 0 Å². The fraction of sp³-hybridized carbons (Fsp3) is 0.556. The molecule has 1 aliphatic heterocycles. The van der Waals surface area contributed by atoms with Gasteiger partial charge in [0.25, 0.3) is 0 Å². The van der Waals surface area contributed by atoms with Crippen LogP contribution in [0.15, 0.2) is 18.2 Å². The van der Waals surface area contributed by atoms with Crippen LogP contribution >= 0.6 is 0 Å². The van der Waals surface area contributed by atoms with Crippen molar-refractivity contribution in [2.24, 2.45) is 0 Å². The Morgan fingerprint density at radius 3 is 2.50 bits per heavy atom. The highest BCUT2D eigenvalue weighted by molar-refractivity contribution is 5.59. The summed E-state index contributed by atoms with van der Waals surface area (Å²) in [5.74, 6) is 2.99. The lowest BCUT2D eigenvalue weighted by Gasteiger charge is -2.36. The first-order chi connectivity index (χ1) is 11.3. The first kappa shape index (κ1) is 18.1. The fourth-order valence-corrected chi connectivity index (χ4v) is 2.71. The number of ether oxygens (including phenoxy) is 1. The van der Waals surface area contributed by atoms with Gasteiger partial charge in [0.1, 0.15) is 5.60 Å². The average Bonchev–Trinajstić information content (AvgIpc) is 2.51. The Morgan fingerprint density at radius 1 is 1.29 bits per heavy atom. The number of rotatable bonds is 5. The van der Waals surface area contributed by atoms with Crippen molar-refractivity contribution in [2.45, 2.75) is 32.8 Å². The van der Waals surface area contributed by atoms with Gasteiger partial charge in [-0.1, -0.05) is 0 Å². The van der Waals surface area contributed by atoms with E-state index in [1.54, 1.807) is 12.1 Å². The van der Waals surface area contributed by atoms with Crippen LogP contribution in [0, 0.1) is 22.5 Å². The smallest absolute Gasteiger partial charge is 0.311 e. The molecule has 0 unspecified atom stereocenters. The standard InChI is InChI=1S/C18H25N3O3/c1-5-6-9-19-10-12-20(13-11-19)15-7-8-16(21(22)23)17(14-15)24-18(2,3)4/h1,7-8,14H,6,9-13H2,2-4H3. The third kappa shape index (κ3) is 4.87. The molecule has 0 bridgehead atoms. The van der Waals surface area contributed by atoms with Crippen molar-refractivity contribution in [3.63, 3.8) is 0 Å². The van der Waals surface area contributed by atoms with Crippen molar-refractivity contribution >= 4 is 11.4 Å². The summed E-state index contributed by atoms with van der Waals surface area (Å²) in [6.45, 7) is 10.2. The summed E-state index contributed by atoms with van der Waals surface area (Å²) in [6, 6.07) is 5.10. The normalized spacial score (nSPS) is 15.8. The number of benzene rings is 1. The second-order valence-corrected chi connectivity index (χ2v) is 6.91. The zero-order chi connectivity index (χ0) is 17.7. The van der Waals surface area contributed by atoms with E-state index in [0.29, 0.717) is 5.75 Å². The summed E-state index contributed by atoms with van der Waals surface area (Å²) in [5, 5.41) is 11.2. The largest absolute Gasteiger partial charge is 0.481 e. The van der Waals surface area contributed by atoms with E-state index >= 15 is 0 Å². The Balaban J connectivity index is 2.13. The van der Waals surface area contributed by atoms with Gasteiger partial charge in [0.15, 0.2) is 5.75 Å². The molecule has 1 aromatic rings. The van der Waals surface area contributed by atoms with Crippen molar-refractivity contribution < 1.29 is 9.66 Å². The summed E-state index contributed by atoms with van der Waals surface area (Å²) >= 11 is 0. The molecule has 0 aromatic heterocycles. The van der Waals surface area contributed by atoms with E-state index in [1.165, 1.54) is 6.07 Å². The molecule has 0 spiro atoms. The van der Waals surface area contributed by atoms with Crippen molar-refractivity contribution in [3.05, 3.63) is 28.3 Å². The minimum absolute atomic E-state index is 0.00123. The van der Waals surface area contributed by atoms with Gasteiger partial charge >= 0.3 is 5.69 Å². The Labute approximate surface area is 143 Å². The lowest BCUT2D eigenvalue weighted by atomic mass is 10.1. The second kappa shape index (κ2) is 7.54. The number of hydrogen-bond donors (Lipinski definition) is 0. The molecule has 1 heterocycles. The van der Waals surface area contributed by atoms with Crippen LogP contribution in [0.2, 0.25) is 0 Å². The van der Waals surface area contributed by atoms with Crippen molar-refractivity contribution in [1.29, 1.82) is 0 Å².